The third-order valence-corrected chi connectivity index (χ3v) is 5.98. The maximum absolute atomic E-state index is 6.31. The number of rotatable bonds is 4. The van der Waals surface area contributed by atoms with Crippen LogP contribution in [0.25, 0.3) is 0 Å². The quantitative estimate of drug-likeness (QED) is 0.749. The van der Waals surface area contributed by atoms with E-state index in [1.54, 1.807) is 0 Å². The van der Waals surface area contributed by atoms with Crippen LogP contribution in [0.15, 0.2) is 23.1 Å². The van der Waals surface area contributed by atoms with Gasteiger partial charge in [-0.05, 0) is 37.6 Å². The highest BCUT2D eigenvalue weighted by Gasteiger charge is 2.23. The SMILES string of the molecule is CCNC1CCCCCCC1Sc1cc(Cl)ccc1Cl. The Labute approximate surface area is 136 Å². The highest BCUT2D eigenvalue weighted by atomic mass is 35.5. The lowest BCUT2D eigenvalue weighted by Crippen LogP contribution is -2.38. The van der Waals surface area contributed by atoms with Gasteiger partial charge in [0, 0.05) is 21.2 Å². The summed E-state index contributed by atoms with van der Waals surface area (Å²) in [5.41, 5.74) is 0. The molecule has 2 unspecified atom stereocenters. The summed E-state index contributed by atoms with van der Waals surface area (Å²) in [7, 11) is 0. The smallest absolute Gasteiger partial charge is 0.0543 e. The van der Waals surface area contributed by atoms with Crippen molar-refractivity contribution in [3.63, 3.8) is 0 Å². The van der Waals surface area contributed by atoms with Crippen LogP contribution in [0.4, 0.5) is 0 Å². The summed E-state index contributed by atoms with van der Waals surface area (Å²) in [5, 5.41) is 5.83. The maximum Gasteiger partial charge on any atom is 0.0543 e. The van der Waals surface area contributed by atoms with Crippen LogP contribution in [-0.4, -0.2) is 17.8 Å². The highest BCUT2D eigenvalue weighted by Crippen LogP contribution is 2.37. The fourth-order valence-corrected chi connectivity index (χ4v) is 4.69. The van der Waals surface area contributed by atoms with Crippen molar-refractivity contribution in [2.75, 3.05) is 6.54 Å². The zero-order chi connectivity index (χ0) is 14.4. The van der Waals surface area contributed by atoms with Crippen molar-refractivity contribution < 1.29 is 0 Å². The first kappa shape index (κ1) is 16.5. The second-order valence-corrected chi connectivity index (χ2v) is 7.51. The van der Waals surface area contributed by atoms with E-state index in [2.05, 4.69) is 12.2 Å². The van der Waals surface area contributed by atoms with Crippen LogP contribution < -0.4 is 5.32 Å². The van der Waals surface area contributed by atoms with Gasteiger partial charge in [0.25, 0.3) is 0 Å². The molecule has 2 atom stereocenters. The monoisotopic (exact) mass is 331 g/mol. The van der Waals surface area contributed by atoms with Crippen LogP contribution in [0.2, 0.25) is 10.0 Å². The van der Waals surface area contributed by atoms with Gasteiger partial charge in [0.1, 0.15) is 0 Å². The van der Waals surface area contributed by atoms with Gasteiger partial charge in [-0.25, -0.2) is 0 Å². The minimum absolute atomic E-state index is 0.584. The summed E-state index contributed by atoms with van der Waals surface area (Å²) >= 11 is 14.3. The third kappa shape index (κ3) is 4.84. The second kappa shape index (κ2) is 8.53. The molecule has 1 saturated carbocycles. The Hall–Kier alpha value is 0.110. The molecule has 1 fully saturated rings. The number of nitrogens with one attached hydrogen (secondary N) is 1. The Morgan fingerprint density at radius 3 is 2.65 bits per heavy atom. The first-order chi connectivity index (χ1) is 9.70. The predicted molar refractivity (Wildman–Crippen MR) is 91.3 cm³/mol. The normalized spacial score (nSPS) is 24.1. The minimum atomic E-state index is 0.584. The average Bonchev–Trinajstić information content (AvgIpc) is 2.41. The zero-order valence-electron chi connectivity index (χ0n) is 12.0. The van der Waals surface area contributed by atoms with E-state index in [1.165, 1.54) is 38.5 Å². The van der Waals surface area contributed by atoms with Gasteiger partial charge in [0.15, 0.2) is 0 Å². The topological polar surface area (TPSA) is 12.0 Å². The average molecular weight is 332 g/mol. The maximum atomic E-state index is 6.31. The van der Waals surface area contributed by atoms with Gasteiger partial charge in [-0.2, -0.15) is 0 Å². The van der Waals surface area contributed by atoms with Crippen LogP contribution in [0.5, 0.6) is 0 Å². The first-order valence-corrected chi connectivity index (χ1v) is 9.19. The van der Waals surface area contributed by atoms with Crippen LogP contribution in [0.1, 0.15) is 45.4 Å². The van der Waals surface area contributed by atoms with Crippen LogP contribution in [0.3, 0.4) is 0 Å². The van der Waals surface area contributed by atoms with Crippen LogP contribution >= 0.6 is 35.0 Å². The molecule has 0 aromatic heterocycles. The molecule has 1 aromatic carbocycles. The summed E-state index contributed by atoms with van der Waals surface area (Å²) in [6.07, 6.45) is 7.90. The Balaban J connectivity index is 2.10. The Morgan fingerprint density at radius 1 is 1.15 bits per heavy atom. The lowest BCUT2D eigenvalue weighted by molar-refractivity contribution is 0.406. The van der Waals surface area contributed by atoms with Gasteiger partial charge in [0.05, 0.1) is 5.02 Å². The Bertz CT molecular complexity index is 425. The molecule has 0 heterocycles. The van der Waals surface area contributed by atoms with Crippen molar-refractivity contribution in [2.45, 2.75) is 61.6 Å². The van der Waals surface area contributed by atoms with Crippen molar-refractivity contribution >= 4 is 35.0 Å². The first-order valence-electron chi connectivity index (χ1n) is 7.55. The van der Waals surface area contributed by atoms with Gasteiger partial charge >= 0.3 is 0 Å². The number of hydrogen-bond acceptors (Lipinski definition) is 2. The number of thioether (sulfide) groups is 1. The molecule has 0 amide bonds. The van der Waals surface area contributed by atoms with E-state index in [-0.39, 0.29) is 0 Å². The molecule has 2 rings (SSSR count). The van der Waals surface area contributed by atoms with Crippen molar-refractivity contribution in [3.8, 4) is 0 Å². The van der Waals surface area contributed by atoms with Gasteiger partial charge in [0.2, 0.25) is 0 Å². The molecule has 1 aromatic rings. The fourth-order valence-electron chi connectivity index (χ4n) is 2.82. The third-order valence-electron chi connectivity index (χ3n) is 3.84. The molecule has 112 valence electrons. The lowest BCUT2D eigenvalue weighted by Gasteiger charge is -2.29. The summed E-state index contributed by atoms with van der Waals surface area (Å²) in [6.45, 7) is 3.22. The molecule has 0 aliphatic heterocycles. The largest absolute Gasteiger partial charge is 0.313 e. The number of halogens is 2. The number of hydrogen-bond donors (Lipinski definition) is 1. The summed E-state index contributed by atoms with van der Waals surface area (Å²) in [4.78, 5) is 1.12. The van der Waals surface area contributed by atoms with E-state index < -0.39 is 0 Å². The molecule has 20 heavy (non-hydrogen) atoms. The molecular formula is C16H23Cl2NS. The second-order valence-electron chi connectivity index (χ2n) is 5.39. The molecule has 4 heteroatoms. The molecule has 0 bridgehead atoms. The highest BCUT2D eigenvalue weighted by molar-refractivity contribution is 8.00. The molecular weight excluding hydrogens is 309 g/mol. The standard InChI is InChI=1S/C16H23Cl2NS/c1-2-19-14-7-5-3-4-6-8-15(14)20-16-11-12(17)9-10-13(16)18/h9-11,14-15,19H,2-8H2,1H3. The van der Waals surface area contributed by atoms with Crippen LogP contribution in [-0.2, 0) is 0 Å². The van der Waals surface area contributed by atoms with Gasteiger partial charge in [-0.15, -0.1) is 11.8 Å². The summed E-state index contributed by atoms with van der Waals surface area (Å²) in [5.74, 6) is 0. The number of benzene rings is 1. The van der Waals surface area contributed by atoms with Crippen LogP contribution in [0, 0.1) is 0 Å². The molecule has 0 spiro atoms. The molecule has 1 aliphatic carbocycles. The molecule has 1 N–H and O–H groups in total. The fraction of sp³-hybridized carbons (Fsp3) is 0.625. The molecule has 0 saturated heterocycles. The van der Waals surface area contributed by atoms with E-state index in [4.69, 9.17) is 23.2 Å². The van der Waals surface area contributed by atoms with Gasteiger partial charge in [-0.1, -0.05) is 55.8 Å². The summed E-state index contributed by atoms with van der Waals surface area (Å²) in [6, 6.07) is 6.34. The lowest BCUT2D eigenvalue weighted by atomic mass is 9.96. The van der Waals surface area contributed by atoms with E-state index in [1.807, 2.05) is 30.0 Å². The van der Waals surface area contributed by atoms with Crippen molar-refractivity contribution in [1.82, 2.24) is 5.32 Å². The van der Waals surface area contributed by atoms with E-state index in [0.717, 1.165) is 21.5 Å². The predicted octanol–water partition coefficient (Wildman–Crippen LogP) is 5.79. The van der Waals surface area contributed by atoms with Crippen molar-refractivity contribution in [3.05, 3.63) is 28.2 Å². The van der Waals surface area contributed by atoms with Gasteiger partial charge < -0.3 is 5.32 Å². The van der Waals surface area contributed by atoms with Crippen molar-refractivity contribution in [1.29, 1.82) is 0 Å². The molecule has 1 nitrogen and oxygen atoms in total. The van der Waals surface area contributed by atoms with Crippen molar-refractivity contribution in [2.24, 2.45) is 0 Å². The Kier molecular flexibility index (Phi) is 7.03. The van der Waals surface area contributed by atoms with E-state index >= 15 is 0 Å². The van der Waals surface area contributed by atoms with Gasteiger partial charge in [-0.3, -0.25) is 0 Å². The Morgan fingerprint density at radius 2 is 1.90 bits per heavy atom. The van der Waals surface area contributed by atoms with E-state index in [0.29, 0.717) is 11.3 Å². The summed E-state index contributed by atoms with van der Waals surface area (Å²) < 4.78 is 0. The minimum Gasteiger partial charge on any atom is -0.313 e. The molecule has 1 aliphatic rings. The van der Waals surface area contributed by atoms with E-state index in [9.17, 15) is 0 Å². The molecule has 0 radical (unpaired) electrons. The zero-order valence-corrected chi connectivity index (χ0v) is 14.3.